The number of carbonyl (C=O) groups excluding carboxylic acids is 1. The van der Waals surface area contributed by atoms with Crippen molar-refractivity contribution < 1.29 is 9.53 Å². The van der Waals surface area contributed by atoms with E-state index in [0.717, 1.165) is 3.79 Å². The van der Waals surface area contributed by atoms with Crippen LogP contribution in [-0.2, 0) is 4.79 Å². The maximum Gasteiger partial charge on any atom is 0.311 e. The molecule has 0 unspecified atom stereocenters. The van der Waals surface area contributed by atoms with E-state index in [1.807, 2.05) is 6.07 Å². The number of halogens is 1. The van der Waals surface area contributed by atoms with Gasteiger partial charge in [0.2, 0.25) is 0 Å². The Morgan fingerprint density at radius 3 is 2.91 bits per heavy atom. The largest absolute Gasteiger partial charge is 0.415 e. The van der Waals surface area contributed by atoms with E-state index in [1.165, 1.54) is 11.3 Å². The summed E-state index contributed by atoms with van der Waals surface area (Å²) in [4.78, 5) is 10.8. The minimum absolute atomic E-state index is 0.195. The number of rotatable bonds is 2. The van der Waals surface area contributed by atoms with E-state index in [0.29, 0.717) is 11.5 Å². The first-order valence-electron chi connectivity index (χ1n) is 3.18. The van der Waals surface area contributed by atoms with Gasteiger partial charge in [-0.25, -0.2) is 0 Å². The molecule has 0 saturated carbocycles. The first-order chi connectivity index (χ1) is 5.22. The lowest BCUT2D eigenvalue weighted by atomic mass is 10.5. The zero-order valence-electron chi connectivity index (χ0n) is 5.96. The van der Waals surface area contributed by atoms with Crippen molar-refractivity contribution in [3.05, 3.63) is 15.9 Å². The van der Waals surface area contributed by atoms with E-state index in [4.69, 9.17) is 4.74 Å². The van der Waals surface area contributed by atoms with Crippen molar-refractivity contribution in [2.45, 2.75) is 13.3 Å². The van der Waals surface area contributed by atoms with E-state index in [2.05, 4.69) is 15.9 Å². The van der Waals surface area contributed by atoms with Crippen LogP contribution in [0.15, 0.2) is 15.9 Å². The Balaban J connectivity index is 2.57. The summed E-state index contributed by atoms with van der Waals surface area (Å²) in [6.07, 6.45) is 0.412. The van der Waals surface area contributed by atoms with Crippen LogP contribution in [0.1, 0.15) is 13.3 Å². The van der Waals surface area contributed by atoms with Crippen molar-refractivity contribution in [1.29, 1.82) is 0 Å². The molecular weight excluding hydrogens is 228 g/mol. The number of hydrogen-bond donors (Lipinski definition) is 0. The molecule has 0 spiro atoms. The summed E-state index contributed by atoms with van der Waals surface area (Å²) in [5, 5.41) is 0.642. The minimum atomic E-state index is -0.195. The molecule has 1 heterocycles. The Bertz CT molecular complexity index is 257. The van der Waals surface area contributed by atoms with Gasteiger partial charge in [-0.3, -0.25) is 4.79 Å². The third-order valence-electron chi connectivity index (χ3n) is 1.05. The Kier molecular flexibility index (Phi) is 3.08. The summed E-state index contributed by atoms with van der Waals surface area (Å²) in [5.74, 6) is -0.195. The normalized spacial score (nSPS) is 9.64. The van der Waals surface area contributed by atoms with Crippen LogP contribution in [0.4, 0.5) is 0 Å². The molecule has 0 fully saturated rings. The van der Waals surface area contributed by atoms with Crippen LogP contribution in [-0.4, -0.2) is 5.97 Å². The molecule has 0 amide bonds. The first-order valence-corrected chi connectivity index (χ1v) is 4.79. The lowest BCUT2D eigenvalue weighted by Gasteiger charge is -1.95. The third-order valence-corrected chi connectivity index (χ3v) is 2.55. The standard InChI is InChI=1S/C7H7BrO2S/c1-2-6(9)10-7-4-3-5(8)11-7/h3-4H,2H2,1H3. The van der Waals surface area contributed by atoms with Gasteiger partial charge in [0.25, 0.3) is 0 Å². The van der Waals surface area contributed by atoms with Gasteiger partial charge >= 0.3 is 5.97 Å². The van der Waals surface area contributed by atoms with E-state index < -0.39 is 0 Å². The maximum absolute atomic E-state index is 10.8. The van der Waals surface area contributed by atoms with Gasteiger partial charge in [-0.1, -0.05) is 18.3 Å². The quantitative estimate of drug-likeness (QED) is 0.736. The third kappa shape index (κ3) is 2.63. The fourth-order valence-corrected chi connectivity index (χ4v) is 1.75. The Hall–Kier alpha value is -0.350. The molecule has 1 rings (SSSR count). The molecule has 11 heavy (non-hydrogen) atoms. The van der Waals surface area contributed by atoms with E-state index in [9.17, 15) is 4.79 Å². The van der Waals surface area contributed by atoms with Crippen LogP contribution in [0.5, 0.6) is 5.06 Å². The second kappa shape index (κ2) is 3.88. The topological polar surface area (TPSA) is 26.3 Å². The predicted molar refractivity (Wildman–Crippen MR) is 47.9 cm³/mol. The monoisotopic (exact) mass is 234 g/mol. The molecule has 0 atom stereocenters. The Morgan fingerprint density at radius 1 is 1.73 bits per heavy atom. The number of esters is 1. The van der Waals surface area contributed by atoms with E-state index >= 15 is 0 Å². The lowest BCUT2D eigenvalue weighted by Crippen LogP contribution is -2.03. The summed E-state index contributed by atoms with van der Waals surface area (Å²) in [6, 6.07) is 3.62. The summed E-state index contributed by atoms with van der Waals surface area (Å²) in [7, 11) is 0. The van der Waals surface area contributed by atoms with Crippen LogP contribution in [0.3, 0.4) is 0 Å². The molecule has 0 bridgehead atoms. The lowest BCUT2D eigenvalue weighted by molar-refractivity contribution is -0.133. The van der Waals surface area contributed by atoms with Crippen LogP contribution in [0, 0.1) is 0 Å². The van der Waals surface area contributed by atoms with Gasteiger partial charge in [0.05, 0.1) is 3.79 Å². The molecule has 2 nitrogen and oxygen atoms in total. The molecule has 0 radical (unpaired) electrons. The van der Waals surface area contributed by atoms with E-state index in [-0.39, 0.29) is 5.97 Å². The van der Waals surface area contributed by atoms with E-state index in [1.54, 1.807) is 13.0 Å². The predicted octanol–water partition coefficient (Wildman–Crippen LogP) is 2.83. The van der Waals surface area contributed by atoms with Crippen LogP contribution < -0.4 is 4.74 Å². The van der Waals surface area contributed by atoms with Gasteiger partial charge in [0, 0.05) is 6.42 Å². The number of thiophene rings is 1. The Morgan fingerprint density at radius 2 is 2.45 bits per heavy atom. The second-order valence-electron chi connectivity index (χ2n) is 1.89. The van der Waals surface area contributed by atoms with Gasteiger partial charge in [-0.2, -0.15) is 0 Å². The first kappa shape index (κ1) is 8.74. The summed E-state index contributed by atoms with van der Waals surface area (Å²) >= 11 is 4.68. The molecule has 60 valence electrons. The Labute approximate surface area is 77.3 Å². The van der Waals surface area contributed by atoms with Crippen molar-refractivity contribution in [2.24, 2.45) is 0 Å². The van der Waals surface area contributed by atoms with Crippen molar-refractivity contribution in [2.75, 3.05) is 0 Å². The van der Waals surface area contributed by atoms with Crippen LogP contribution >= 0.6 is 27.3 Å². The molecule has 4 heteroatoms. The smallest absolute Gasteiger partial charge is 0.311 e. The fourth-order valence-electron chi connectivity index (χ4n) is 0.537. The highest BCUT2D eigenvalue weighted by Crippen LogP contribution is 2.28. The summed E-state index contributed by atoms with van der Waals surface area (Å²) in [5.41, 5.74) is 0. The summed E-state index contributed by atoms with van der Waals surface area (Å²) < 4.78 is 5.90. The molecule has 1 aromatic heterocycles. The van der Waals surface area contributed by atoms with Gasteiger partial charge in [0.1, 0.15) is 0 Å². The highest BCUT2D eigenvalue weighted by Gasteiger charge is 2.02. The van der Waals surface area contributed by atoms with Crippen LogP contribution in [0.25, 0.3) is 0 Å². The van der Waals surface area contributed by atoms with Crippen molar-refractivity contribution in [1.82, 2.24) is 0 Å². The van der Waals surface area contributed by atoms with Crippen LogP contribution in [0.2, 0.25) is 0 Å². The average molecular weight is 235 g/mol. The summed E-state index contributed by atoms with van der Waals surface area (Å²) in [6.45, 7) is 1.77. The van der Waals surface area contributed by atoms with Gasteiger partial charge < -0.3 is 4.74 Å². The van der Waals surface area contributed by atoms with Crippen molar-refractivity contribution >= 4 is 33.2 Å². The SMILES string of the molecule is CCC(=O)Oc1ccc(Br)s1. The zero-order valence-corrected chi connectivity index (χ0v) is 8.37. The number of hydrogen-bond acceptors (Lipinski definition) is 3. The highest BCUT2D eigenvalue weighted by atomic mass is 79.9. The fraction of sp³-hybridized carbons (Fsp3) is 0.286. The highest BCUT2D eigenvalue weighted by molar-refractivity contribution is 9.11. The molecule has 0 N–H and O–H groups in total. The molecule has 0 aliphatic heterocycles. The second-order valence-corrected chi connectivity index (χ2v) is 4.31. The molecule has 0 aliphatic rings. The molecule has 1 aromatic rings. The van der Waals surface area contributed by atoms with Crippen molar-refractivity contribution in [3.63, 3.8) is 0 Å². The van der Waals surface area contributed by atoms with Gasteiger partial charge in [-0.05, 0) is 28.1 Å². The maximum atomic E-state index is 10.8. The minimum Gasteiger partial charge on any atom is -0.415 e. The average Bonchev–Trinajstić information content (AvgIpc) is 2.35. The molecule has 0 aromatic carbocycles. The van der Waals surface area contributed by atoms with Gasteiger partial charge in [-0.15, -0.1) is 0 Å². The zero-order chi connectivity index (χ0) is 8.27. The molecule has 0 saturated heterocycles. The van der Waals surface area contributed by atoms with Crippen molar-refractivity contribution in [3.8, 4) is 5.06 Å². The van der Waals surface area contributed by atoms with Gasteiger partial charge in [0.15, 0.2) is 5.06 Å². The number of carbonyl (C=O) groups is 1. The number of ether oxygens (including phenoxy) is 1. The molecule has 0 aliphatic carbocycles. The molecular formula is C7H7BrO2S.